The monoisotopic (exact) mass is 360 g/mol. The standard InChI is InChI=1S/C19H24N2O3S/c1-4-21(5-2)25(23,24)18-12-8-16(9-13-18)19(22)14-20-17-10-6-15(3)7-11-17/h6-13,20H,4-5,14H2,1-3H3. The minimum absolute atomic E-state index is 0.0904. The third-order valence-electron chi connectivity index (χ3n) is 4.02. The molecule has 5 nitrogen and oxygen atoms in total. The second-order valence-corrected chi connectivity index (χ2v) is 7.69. The predicted octanol–water partition coefficient (Wildman–Crippen LogP) is 3.32. The molecule has 0 saturated carbocycles. The van der Waals surface area contributed by atoms with Crippen LogP contribution in [0, 0.1) is 6.92 Å². The highest BCUT2D eigenvalue weighted by Gasteiger charge is 2.21. The Hall–Kier alpha value is -2.18. The number of nitrogens with one attached hydrogen (secondary N) is 1. The molecular weight excluding hydrogens is 336 g/mol. The maximum atomic E-state index is 12.4. The van der Waals surface area contributed by atoms with Crippen molar-refractivity contribution in [3.05, 3.63) is 59.7 Å². The van der Waals surface area contributed by atoms with E-state index in [0.29, 0.717) is 18.7 Å². The first kappa shape index (κ1) is 19.1. The molecule has 2 aromatic rings. The quantitative estimate of drug-likeness (QED) is 0.734. The van der Waals surface area contributed by atoms with E-state index >= 15 is 0 Å². The normalized spacial score (nSPS) is 11.5. The Balaban J connectivity index is 2.06. The van der Waals surface area contributed by atoms with Gasteiger partial charge in [0.1, 0.15) is 0 Å². The van der Waals surface area contributed by atoms with Crippen molar-refractivity contribution in [2.24, 2.45) is 0 Å². The summed E-state index contributed by atoms with van der Waals surface area (Å²) >= 11 is 0. The molecule has 0 aliphatic rings. The molecule has 0 spiro atoms. The smallest absolute Gasteiger partial charge is 0.243 e. The van der Waals surface area contributed by atoms with E-state index in [0.717, 1.165) is 11.3 Å². The molecule has 0 radical (unpaired) electrons. The minimum atomic E-state index is -3.50. The van der Waals surface area contributed by atoms with Gasteiger partial charge in [0.2, 0.25) is 10.0 Å². The van der Waals surface area contributed by atoms with E-state index in [1.54, 1.807) is 26.0 Å². The van der Waals surface area contributed by atoms with Crippen LogP contribution in [0.1, 0.15) is 29.8 Å². The van der Waals surface area contributed by atoms with Gasteiger partial charge in [-0.25, -0.2) is 8.42 Å². The van der Waals surface area contributed by atoms with Crippen LogP contribution in [0.4, 0.5) is 5.69 Å². The molecular formula is C19H24N2O3S. The molecule has 1 N–H and O–H groups in total. The van der Waals surface area contributed by atoms with Crippen LogP contribution in [0.25, 0.3) is 0 Å². The van der Waals surface area contributed by atoms with E-state index in [9.17, 15) is 13.2 Å². The molecule has 0 fully saturated rings. The lowest BCUT2D eigenvalue weighted by Gasteiger charge is -2.18. The lowest BCUT2D eigenvalue weighted by Crippen LogP contribution is -2.30. The van der Waals surface area contributed by atoms with Crippen molar-refractivity contribution < 1.29 is 13.2 Å². The van der Waals surface area contributed by atoms with Crippen molar-refractivity contribution in [2.75, 3.05) is 25.0 Å². The van der Waals surface area contributed by atoms with Gasteiger partial charge in [-0.2, -0.15) is 4.31 Å². The number of benzene rings is 2. The highest BCUT2D eigenvalue weighted by Crippen LogP contribution is 2.17. The van der Waals surface area contributed by atoms with Crippen molar-refractivity contribution in [1.82, 2.24) is 4.31 Å². The zero-order valence-electron chi connectivity index (χ0n) is 14.8. The van der Waals surface area contributed by atoms with Crippen molar-refractivity contribution in [1.29, 1.82) is 0 Å². The van der Waals surface area contributed by atoms with Crippen molar-refractivity contribution in [2.45, 2.75) is 25.7 Å². The maximum Gasteiger partial charge on any atom is 0.243 e. The zero-order valence-corrected chi connectivity index (χ0v) is 15.6. The van der Waals surface area contributed by atoms with E-state index in [1.807, 2.05) is 31.2 Å². The van der Waals surface area contributed by atoms with Gasteiger partial charge in [-0.15, -0.1) is 0 Å². The summed E-state index contributed by atoms with van der Waals surface area (Å²) in [5.41, 5.74) is 2.51. The Kier molecular flexibility index (Phi) is 6.33. The molecule has 134 valence electrons. The molecule has 0 amide bonds. The predicted molar refractivity (Wildman–Crippen MR) is 101 cm³/mol. The highest BCUT2D eigenvalue weighted by molar-refractivity contribution is 7.89. The summed E-state index contributed by atoms with van der Waals surface area (Å²) in [5, 5.41) is 3.08. The van der Waals surface area contributed by atoms with Gasteiger partial charge in [-0.05, 0) is 43.3 Å². The number of carbonyl (C=O) groups excluding carboxylic acids is 1. The third-order valence-corrected chi connectivity index (χ3v) is 6.09. The van der Waals surface area contributed by atoms with Gasteiger partial charge in [0.05, 0.1) is 11.4 Å². The first-order chi connectivity index (χ1) is 11.9. The Bertz CT molecular complexity index is 809. The summed E-state index contributed by atoms with van der Waals surface area (Å²) in [6.07, 6.45) is 0. The van der Waals surface area contributed by atoms with Crippen LogP contribution >= 0.6 is 0 Å². The number of ketones is 1. The molecule has 0 heterocycles. The SMILES string of the molecule is CCN(CC)S(=O)(=O)c1ccc(C(=O)CNc2ccc(C)cc2)cc1. The third kappa shape index (κ3) is 4.67. The number of aryl methyl sites for hydroxylation is 1. The Morgan fingerprint density at radius 3 is 2.04 bits per heavy atom. The molecule has 2 aromatic carbocycles. The van der Waals surface area contributed by atoms with Gasteiger partial charge in [0.25, 0.3) is 0 Å². The summed E-state index contributed by atoms with van der Waals surface area (Å²) in [5.74, 6) is -0.0904. The van der Waals surface area contributed by atoms with E-state index in [1.165, 1.54) is 16.4 Å². The lowest BCUT2D eigenvalue weighted by atomic mass is 10.1. The second-order valence-electron chi connectivity index (χ2n) is 5.76. The molecule has 0 aliphatic carbocycles. The summed E-state index contributed by atoms with van der Waals surface area (Å²) in [7, 11) is -3.50. The molecule has 0 aliphatic heterocycles. The Morgan fingerprint density at radius 1 is 0.960 bits per heavy atom. The molecule has 0 atom stereocenters. The number of rotatable bonds is 8. The van der Waals surface area contributed by atoms with Crippen LogP contribution in [0.15, 0.2) is 53.4 Å². The Morgan fingerprint density at radius 2 is 1.52 bits per heavy atom. The maximum absolute atomic E-state index is 12.4. The summed E-state index contributed by atoms with van der Waals surface area (Å²) in [6.45, 7) is 6.60. The van der Waals surface area contributed by atoms with E-state index in [2.05, 4.69) is 5.32 Å². The van der Waals surface area contributed by atoms with Crippen molar-refractivity contribution in [3.63, 3.8) is 0 Å². The minimum Gasteiger partial charge on any atom is -0.378 e. The summed E-state index contributed by atoms with van der Waals surface area (Å²) in [4.78, 5) is 12.5. The van der Waals surface area contributed by atoms with Gasteiger partial charge in [-0.3, -0.25) is 4.79 Å². The molecule has 0 bridgehead atoms. The van der Waals surface area contributed by atoms with Crippen LogP contribution < -0.4 is 5.32 Å². The number of hydrogen-bond acceptors (Lipinski definition) is 4. The molecule has 6 heteroatoms. The highest BCUT2D eigenvalue weighted by atomic mass is 32.2. The number of sulfonamides is 1. The average Bonchev–Trinajstić information content (AvgIpc) is 2.62. The fraction of sp³-hybridized carbons (Fsp3) is 0.316. The van der Waals surface area contributed by atoms with Gasteiger partial charge in [0.15, 0.2) is 5.78 Å². The topological polar surface area (TPSA) is 66.5 Å². The van der Waals surface area contributed by atoms with Gasteiger partial charge in [-0.1, -0.05) is 31.5 Å². The average molecular weight is 360 g/mol. The van der Waals surface area contributed by atoms with Crippen LogP contribution in [0.3, 0.4) is 0 Å². The van der Waals surface area contributed by atoms with Crippen LogP contribution in [-0.4, -0.2) is 38.1 Å². The van der Waals surface area contributed by atoms with E-state index < -0.39 is 10.0 Å². The molecule has 0 saturated heterocycles. The first-order valence-electron chi connectivity index (χ1n) is 8.32. The largest absolute Gasteiger partial charge is 0.378 e. The van der Waals surface area contributed by atoms with Crippen LogP contribution in [-0.2, 0) is 10.0 Å². The van der Waals surface area contributed by atoms with E-state index in [4.69, 9.17) is 0 Å². The fourth-order valence-corrected chi connectivity index (χ4v) is 3.94. The number of nitrogens with zero attached hydrogens (tertiary/aromatic N) is 1. The van der Waals surface area contributed by atoms with Crippen LogP contribution in [0.2, 0.25) is 0 Å². The number of hydrogen-bond donors (Lipinski definition) is 1. The second kappa shape index (κ2) is 8.27. The number of carbonyl (C=O) groups is 1. The molecule has 2 rings (SSSR count). The van der Waals surface area contributed by atoms with Gasteiger partial charge >= 0.3 is 0 Å². The van der Waals surface area contributed by atoms with Crippen LogP contribution in [0.5, 0.6) is 0 Å². The Labute approximate surface area is 149 Å². The summed E-state index contributed by atoms with van der Waals surface area (Å²) < 4.78 is 26.3. The molecule has 25 heavy (non-hydrogen) atoms. The molecule has 0 unspecified atom stereocenters. The van der Waals surface area contributed by atoms with E-state index in [-0.39, 0.29) is 17.2 Å². The van der Waals surface area contributed by atoms with Crippen molar-refractivity contribution >= 4 is 21.5 Å². The summed E-state index contributed by atoms with van der Waals surface area (Å²) in [6, 6.07) is 13.9. The molecule has 0 aromatic heterocycles. The van der Waals surface area contributed by atoms with Gasteiger partial charge in [0, 0.05) is 24.3 Å². The zero-order chi connectivity index (χ0) is 18.4. The fourth-order valence-electron chi connectivity index (χ4n) is 2.48. The lowest BCUT2D eigenvalue weighted by molar-refractivity contribution is 0.101. The number of anilines is 1. The van der Waals surface area contributed by atoms with Gasteiger partial charge < -0.3 is 5.32 Å². The first-order valence-corrected chi connectivity index (χ1v) is 9.76. The number of Topliss-reactive ketones (excluding diaryl/α,β-unsaturated/α-hetero) is 1. The van der Waals surface area contributed by atoms with Crippen molar-refractivity contribution in [3.8, 4) is 0 Å².